The molecule has 5 rings (SSSR count). The molecule has 0 N–H and O–H groups in total. The predicted molar refractivity (Wildman–Crippen MR) is 128 cm³/mol. The number of benzene rings is 2. The third-order valence-electron chi connectivity index (χ3n) is 8.55. The van der Waals surface area contributed by atoms with Crippen molar-refractivity contribution in [2.45, 2.75) is 64.6 Å². The molecule has 2 fully saturated rings. The minimum Gasteiger partial charge on any atom is -0.493 e. The molecule has 1 unspecified atom stereocenters. The number of rotatable bonds is 5. The smallest absolute Gasteiger partial charge is 0.302 e. The van der Waals surface area contributed by atoms with E-state index >= 15 is 0 Å². The van der Waals surface area contributed by atoms with Crippen molar-refractivity contribution in [3.8, 4) is 11.5 Å². The summed E-state index contributed by atoms with van der Waals surface area (Å²) in [5.74, 6) is 1.30. The Morgan fingerprint density at radius 3 is 2.53 bits per heavy atom. The largest absolute Gasteiger partial charge is 0.493 e. The summed E-state index contributed by atoms with van der Waals surface area (Å²) >= 11 is 0. The Hall–Kier alpha value is -3.02. The van der Waals surface area contributed by atoms with E-state index in [0.717, 1.165) is 54.5 Å². The average molecular weight is 464 g/mol. The summed E-state index contributed by atoms with van der Waals surface area (Å²) in [6.07, 6.45) is 3.63. The lowest BCUT2D eigenvalue weighted by Crippen LogP contribution is -2.55. The standard InChI is InChI=1S/C28H33NO5/c1-18(30)34-23-11-8-15-27(2)26(31)29(17-19-9-6-5-7-10-19)25-21-12-13-22(32-3)24(33-4)20(21)14-16-28(23,25)27/h5-7,9-10,12-13,23,25H,8,11,14-17H2,1-4H3/t23-,25-,27-,28?/m0/s1. The number of hydrogen-bond acceptors (Lipinski definition) is 5. The number of methoxy groups -OCH3 is 2. The van der Waals surface area contributed by atoms with E-state index in [1.807, 2.05) is 29.2 Å². The van der Waals surface area contributed by atoms with E-state index in [1.54, 1.807) is 14.2 Å². The number of fused-ring (bicyclic) bond motifs is 2. The number of likely N-dealkylation sites (tertiary alicyclic amines) is 1. The second-order valence-corrected chi connectivity index (χ2v) is 10.1. The first-order valence-electron chi connectivity index (χ1n) is 12.1. The molecule has 2 aromatic rings. The molecule has 2 aromatic carbocycles. The van der Waals surface area contributed by atoms with Gasteiger partial charge in [-0.25, -0.2) is 0 Å². The SMILES string of the molecule is COc1ccc2c(c1OC)CCC13[C@@H](OC(C)=O)CCC[C@@]1(C)C(=O)N(Cc1ccccc1)[C@@H]23. The Bertz CT molecular complexity index is 1120. The zero-order chi connectivity index (χ0) is 24.1. The maximum atomic E-state index is 14.3. The first-order chi connectivity index (χ1) is 16.4. The Morgan fingerprint density at radius 2 is 1.85 bits per heavy atom. The number of hydrogen-bond donors (Lipinski definition) is 0. The van der Waals surface area contributed by atoms with Gasteiger partial charge in [-0.15, -0.1) is 0 Å². The van der Waals surface area contributed by atoms with Crippen molar-refractivity contribution in [2.24, 2.45) is 10.8 Å². The lowest BCUT2D eigenvalue weighted by Gasteiger charge is -2.54. The molecular formula is C28H33NO5. The fourth-order valence-electron chi connectivity index (χ4n) is 7.16. The van der Waals surface area contributed by atoms with Crippen LogP contribution in [0.3, 0.4) is 0 Å². The van der Waals surface area contributed by atoms with E-state index in [0.29, 0.717) is 12.3 Å². The van der Waals surface area contributed by atoms with Crippen LogP contribution in [0, 0.1) is 10.8 Å². The van der Waals surface area contributed by atoms with Gasteiger partial charge in [0.25, 0.3) is 0 Å². The number of amides is 1. The third kappa shape index (κ3) is 3.07. The molecule has 6 heteroatoms. The number of carbonyl (C=O) groups is 2. The topological polar surface area (TPSA) is 65.1 Å². The summed E-state index contributed by atoms with van der Waals surface area (Å²) in [5, 5.41) is 0. The quantitative estimate of drug-likeness (QED) is 0.594. The van der Waals surface area contributed by atoms with Gasteiger partial charge in [0.15, 0.2) is 11.5 Å². The monoisotopic (exact) mass is 463 g/mol. The molecule has 3 aliphatic rings. The maximum absolute atomic E-state index is 14.3. The summed E-state index contributed by atoms with van der Waals surface area (Å²) in [7, 11) is 3.31. The first-order valence-corrected chi connectivity index (χ1v) is 12.1. The highest BCUT2D eigenvalue weighted by atomic mass is 16.5. The molecular weight excluding hydrogens is 430 g/mol. The van der Waals surface area contributed by atoms with Crippen LogP contribution < -0.4 is 9.47 Å². The minimum atomic E-state index is -0.602. The van der Waals surface area contributed by atoms with Crippen LogP contribution in [0.2, 0.25) is 0 Å². The predicted octanol–water partition coefficient (Wildman–Crippen LogP) is 4.84. The number of ether oxygens (including phenoxy) is 3. The summed E-state index contributed by atoms with van der Waals surface area (Å²) in [6.45, 7) is 4.09. The van der Waals surface area contributed by atoms with Gasteiger partial charge < -0.3 is 19.1 Å². The van der Waals surface area contributed by atoms with Crippen LogP contribution in [0.1, 0.15) is 62.3 Å². The highest BCUT2D eigenvalue weighted by molar-refractivity contribution is 5.88. The Kier molecular flexibility index (Phi) is 5.58. The first kappa shape index (κ1) is 22.8. The van der Waals surface area contributed by atoms with E-state index in [9.17, 15) is 9.59 Å². The fourth-order valence-corrected chi connectivity index (χ4v) is 7.16. The summed E-state index contributed by atoms with van der Waals surface area (Å²) in [5.41, 5.74) is 2.16. The molecule has 6 nitrogen and oxygen atoms in total. The maximum Gasteiger partial charge on any atom is 0.302 e. The van der Waals surface area contributed by atoms with Crippen molar-refractivity contribution in [3.05, 3.63) is 59.2 Å². The van der Waals surface area contributed by atoms with Crippen LogP contribution in [0.5, 0.6) is 11.5 Å². The van der Waals surface area contributed by atoms with Crippen LogP contribution in [0.25, 0.3) is 0 Å². The van der Waals surface area contributed by atoms with Crippen molar-refractivity contribution in [1.29, 1.82) is 0 Å². The molecule has 1 spiro atoms. The zero-order valence-electron chi connectivity index (χ0n) is 20.4. The van der Waals surface area contributed by atoms with Gasteiger partial charge in [0, 0.05) is 24.4 Å². The van der Waals surface area contributed by atoms with Crippen LogP contribution in [0.15, 0.2) is 42.5 Å². The fraction of sp³-hybridized carbons (Fsp3) is 0.500. The summed E-state index contributed by atoms with van der Waals surface area (Å²) in [6, 6.07) is 13.9. The number of carbonyl (C=O) groups excluding carboxylic acids is 2. The molecule has 0 radical (unpaired) electrons. The average Bonchev–Trinajstić information content (AvgIpc) is 3.03. The molecule has 4 atom stereocenters. The number of esters is 1. The molecule has 2 aliphatic carbocycles. The molecule has 180 valence electrons. The van der Waals surface area contributed by atoms with Crippen molar-refractivity contribution in [3.63, 3.8) is 0 Å². The van der Waals surface area contributed by atoms with Crippen LogP contribution in [-0.2, 0) is 27.3 Å². The molecule has 1 aliphatic heterocycles. The van der Waals surface area contributed by atoms with Crippen molar-refractivity contribution in [1.82, 2.24) is 4.90 Å². The Balaban J connectivity index is 1.73. The molecule has 34 heavy (non-hydrogen) atoms. The van der Waals surface area contributed by atoms with E-state index in [2.05, 4.69) is 25.1 Å². The van der Waals surface area contributed by atoms with Gasteiger partial charge in [0.2, 0.25) is 5.91 Å². The minimum absolute atomic E-state index is 0.154. The van der Waals surface area contributed by atoms with E-state index in [4.69, 9.17) is 14.2 Å². The zero-order valence-corrected chi connectivity index (χ0v) is 20.4. The lowest BCUT2D eigenvalue weighted by molar-refractivity contribution is -0.174. The molecule has 1 amide bonds. The molecule has 1 saturated heterocycles. The number of nitrogens with zero attached hydrogens (tertiary/aromatic N) is 1. The third-order valence-corrected chi connectivity index (χ3v) is 8.55. The van der Waals surface area contributed by atoms with E-state index < -0.39 is 10.8 Å². The van der Waals surface area contributed by atoms with Crippen LogP contribution in [0.4, 0.5) is 0 Å². The van der Waals surface area contributed by atoms with Gasteiger partial charge in [-0.2, -0.15) is 0 Å². The molecule has 1 saturated carbocycles. The summed E-state index contributed by atoms with van der Waals surface area (Å²) in [4.78, 5) is 28.5. The lowest BCUT2D eigenvalue weighted by atomic mass is 9.50. The highest BCUT2D eigenvalue weighted by Crippen LogP contribution is 2.70. The van der Waals surface area contributed by atoms with Crippen LogP contribution >= 0.6 is 0 Å². The molecule has 1 heterocycles. The van der Waals surface area contributed by atoms with E-state index in [-0.39, 0.29) is 24.0 Å². The van der Waals surface area contributed by atoms with Gasteiger partial charge >= 0.3 is 5.97 Å². The molecule has 0 aromatic heterocycles. The summed E-state index contributed by atoms with van der Waals surface area (Å²) < 4.78 is 17.4. The van der Waals surface area contributed by atoms with Crippen LogP contribution in [-0.4, -0.2) is 37.1 Å². The van der Waals surface area contributed by atoms with Gasteiger partial charge in [-0.1, -0.05) is 36.4 Å². The van der Waals surface area contributed by atoms with Crippen molar-refractivity contribution in [2.75, 3.05) is 14.2 Å². The van der Waals surface area contributed by atoms with Crippen molar-refractivity contribution >= 4 is 11.9 Å². The molecule has 0 bridgehead atoms. The van der Waals surface area contributed by atoms with Gasteiger partial charge in [-0.05, 0) is 56.2 Å². The van der Waals surface area contributed by atoms with E-state index in [1.165, 1.54) is 6.92 Å². The second kappa shape index (κ2) is 8.33. The second-order valence-electron chi connectivity index (χ2n) is 10.1. The Morgan fingerprint density at radius 1 is 1.09 bits per heavy atom. The van der Waals surface area contributed by atoms with Gasteiger partial charge in [0.1, 0.15) is 6.10 Å². The van der Waals surface area contributed by atoms with Gasteiger partial charge in [0.05, 0.1) is 25.7 Å². The van der Waals surface area contributed by atoms with Crippen molar-refractivity contribution < 1.29 is 23.8 Å². The Labute approximate surface area is 201 Å². The van der Waals surface area contributed by atoms with Gasteiger partial charge in [-0.3, -0.25) is 9.59 Å². The normalized spacial score (nSPS) is 29.6. The highest BCUT2D eigenvalue weighted by Gasteiger charge is 2.72.